The summed E-state index contributed by atoms with van der Waals surface area (Å²) in [5, 5.41) is 0. The van der Waals surface area contributed by atoms with Crippen LogP contribution in [0.5, 0.6) is 0 Å². The maximum absolute atomic E-state index is 2.65. The van der Waals surface area contributed by atoms with Crippen LogP contribution in [0.25, 0.3) is 0 Å². The van der Waals surface area contributed by atoms with Crippen LogP contribution in [0.15, 0.2) is 92.4 Å². The molecule has 5 aromatic carbocycles. The number of rotatable bonds is 8. The minimum absolute atomic E-state index is 0.215. The lowest BCUT2D eigenvalue weighted by Gasteiger charge is -2.34. The minimum Gasteiger partial charge on any atom is -0.0911 e. The molecule has 0 spiro atoms. The van der Waals surface area contributed by atoms with Gasteiger partial charge in [-0.15, -0.1) is 0 Å². The Hall–Kier alpha value is -3.07. The fraction of sp³-hybridized carbons (Fsp3) is 0.318. The van der Waals surface area contributed by atoms with E-state index in [1.165, 1.54) is 123 Å². The van der Waals surface area contributed by atoms with Gasteiger partial charge in [0.1, 0.15) is 0 Å². The zero-order valence-corrected chi connectivity index (χ0v) is 31.8. The molecule has 48 heavy (non-hydrogen) atoms. The van der Waals surface area contributed by atoms with Crippen LogP contribution in [0, 0.1) is 41.5 Å². The molecule has 0 atom stereocenters. The predicted molar refractivity (Wildman–Crippen MR) is 215 cm³/mol. The van der Waals surface area contributed by atoms with Gasteiger partial charge in [-0.25, -0.2) is 0 Å². The topological polar surface area (TPSA) is 0 Å². The van der Waals surface area contributed by atoms with Gasteiger partial charge >= 0.3 is 0 Å². The number of aryl methyl sites for hydroxylation is 8. The summed E-state index contributed by atoms with van der Waals surface area (Å²) in [6.45, 7) is 18.8. The van der Waals surface area contributed by atoms with E-state index in [1.54, 1.807) is 0 Å². The molecule has 242 valence electrons. The highest BCUT2D eigenvalue weighted by Crippen LogP contribution is 2.37. The first-order valence-corrected chi connectivity index (χ1v) is 19.7. The van der Waals surface area contributed by atoms with Gasteiger partial charge in [-0.3, -0.25) is 0 Å². The van der Waals surface area contributed by atoms with E-state index in [9.17, 15) is 0 Å². The summed E-state index contributed by atoms with van der Waals surface area (Å²) in [7, 11) is 0. The van der Waals surface area contributed by atoms with Gasteiger partial charge in [0.05, 0.1) is 0 Å². The fourth-order valence-corrected chi connectivity index (χ4v) is 11.0. The van der Waals surface area contributed by atoms with Crippen LogP contribution < -0.4 is 32.8 Å². The van der Waals surface area contributed by atoms with Crippen LogP contribution in [-0.2, 0) is 12.8 Å². The zero-order valence-electron chi connectivity index (χ0n) is 30.1. The second kappa shape index (κ2) is 13.7. The van der Waals surface area contributed by atoms with E-state index in [2.05, 4.69) is 128 Å². The summed E-state index contributed by atoms with van der Waals surface area (Å²) >= 11 is 3.97. The Labute approximate surface area is 299 Å². The maximum Gasteiger partial charge on any atom is 0.244 e. The molecule has 4 heteroatoms. The summed E-state index contributed by atoms with van der Waals surface area (Å²) in [6, 6.07) is 29.5. The molecule has 0 bridgehead atoms. The third-order valence-electron chi connectivity index (χ3n) is 10.7. The van der Waals surface area contributed by atoms with Crippen LogP contribution in [-0.4, -0.2) is 13.4 Å². The first-order chi connectivity index (χ1) is 23.2. The van der Waals surface area contributed by atoms with Gasteiger partial charge in [0.15, 0.2) is 0 Å². The second-order valence-corrected chi connectivity index (χ2v) is 16.7. The van der Waals surface area contributed by atoms with Crippen molar-refractivity contribution in [2.24, 2.45) is 0 Å². The van der Waals surface area contributed by atoms with E-state index in [1.807, 2.05) is 23.5 Å². The zero-order chi connectivity index (χ0) is 33.7. The van der Waals surface area contributed by atoms with Crippen molar-refractivity contribution < 1.29 is 0 Å². The largest absolute Gasteiger partial charge is 0.244 e. The Morgan fingerprint density at radius 2 is 0.812 bits per heavy atom. The molecule has 2 heterocycles. The Morgan fingerprint density at radius 1 is 0.438 bits per heavy atom. The Bertz CT molecular complexity index is 1850. The quantitative estimate of drug-likeness (QED) is 0.151. The fourth-order valence-electron chi connectivity index (χ4n) is 8.62. The molecule has 0 amide bonds. The number of benzene rings is 5. The summed E-state index contributed by atoms with van der Waals surface area (Å²) in [6.07, 6.45) is 7.20. The van der Waals surface area contributed by atoms with Crippen LogP contribution in [0.3, 0.4) is 0 Å². The van der Waals surface area contributed by atoms with E-state index in [0.29, 0.717) is 0 Å². The normalized spacial score (nSPS) is 13.2. The monoisotopic (exact) mass is 662 g/mol. The summed E-state index contributed by atoms with van der Waals surface area (Å²) in [5.41, 5.74) is 20.2. The number of unbranched alkanes of at least 4 members (excludes halogenated alkanes) is 2. The molecular weight excluding hydrogens is 614 g/mol. The third-order valence-corrected chi connectivity index (χ3v) is 13.0. The summed E-state index contributed by atoms with van der Waals surface area (Å²) < 4.78 is 0. The minimum atomic E-state index is 0.215. The highest BCUT2D eigenvalue weighted by atomic mass is 32.2. The van der Waals surface area contributed by atoms with Crippen LogP contribution in [0.4, 0.5) is 0 Å². The predicted octanol–water partition coefficient (Wildman–Crippen LogP) is 8.18. The molecule has 0 radical (unpaired) electrons. The molecule has 0 saturated heterocycles. The average molecular weight is 663 g/mol. The molecule has 0 aliphatic carbocycles. The van der Waals surface area contributed by atoms with Crippen molar-refractivity contribution in [2.75, 3.05) is 0 Å². The van der Waals surface area contributed by atoms with Crippen molar-refractivity contribution in [3.05, 3.63) is 117 Å². The molecule has 2 aliphatic heterocycles. The van der Waals surface area contributed by atoms with Gasteiger partial charge in [0, 0.05) is 19.6 Å². The lowest BCUT2D eigenvalue weighted by molar-refractivity contribution is 0.795. The first-order valence-electron chi connectivity index (χ1n) is 18.1. The Morgan fingerprint density at radius 3 is 1.19 bits per heavy atom. The number of fused-ring (bicyclic) bond motifs is 4. The maximum atomic E-state index is 2.65. The lowest BCUT2D eigenvalue weighted by Crippen LogP contribution is -2.61. The lowest BCUT2D eigenvalue weighted by atomic mass is 9.32. The Balaban J connectivity index is 1.48. The molecule has 0 fully saturated rings. The summed E-state index contributed by atoms with van der Waals surface area (Å²) in [5.74, 6) is 0. The van der Waals surface area contributed by atoms with Gasteiger partial charge in [0.2, 0.25) is 13.4 Å². The van der Waals surface area contributed by atoms with Crippen molar-refractivity contribution in [1.29, 1.82) is 0 Å². The smallest absolute Gasteiger partial charge is 0.0911 e. The van der Waals surface area contributed by atoms with E-state index in [0.717, 1.165) is 12.8 Å². The van der Waals surface area contributed by atoms with Gasteiger partial charge in [-0.1, -0.05) is 171 Å². The number of hydrogen-bond acceptors (Lipinski definition) is 2. The van der Waals surface area contributed by atoms with Crippen molar-refractivity contribution in [2.45, 2.75) is 113 Å². The van der Waals surface area contributed by atoms with Gasteiger partial charge in [-0.05, 0) is 96.6 Å². The third kappa shape index (κ3) is 6.13. The molecule has 0 saturated carbocycles. The SMILES string of the molecule is CCCCc1ccc2c(c1)B(c1c(C)cc(C)cc1C)c1cc3c(cc1S2)Sc1ccc(CCCC)cc1B3c1c(C)cc(C)cc1C. The van der Waals surface area contributed by atoms with Crippen molar-refractivity contribution >= 4 is 69.7 Å². The highest BCUT2D eigenvalue weighted by Gasteiger charge is 2.39. The van der Waals surface area contributed by atoms with E-state index in [4.69, 9.17) is 0 Å². The van der Waals surface area contributed by atoms with Gasteiger partial charge in [0.25, 0.3) is 0 Å². The number of hydrogen-bond donors (Lipinski definition) is 0. The standard InChI is InChI=1S/C44H48B2S2/c1-9-11-13-33-15-17-39-35(23-33)45(43-29(5)19-27(3)20-30(43)6)37-25-38-42(26-41(37)47-39)48-40-18-16-34(14-12-10-2)24-36(40)46(38)44-31(7)21-28(4)22-32(44)8/h15-26H,9-14H2,1-8H3. The van der Waals surface area contributed by atoms with Crippen molar-refractivity contribution in [3.63, 3.8) is 0 Å². The van der Waals surface area contributed by atoms with Crippen molar-refractivity contribution in [1.82, 2.24) is 0 Å². The van der Waals surface area contributed by atoms with E-state index in [-0.39, 0.29) is 13.4 Å². The molecule has 7 rings (SSSR count). The Kier molecular flexibility index (Phi) is 9.53. The van der Waals surface area contributed by atoms with Crippen LogP contribution in [0.2, 0.25) is 0 Å². The van der Waals surface area contributed by atoms with Crippen LogP contribution >= 0.6 is 23.5 Å². The molecule has 0 unspecified atom stereocenters. The van der Waals surface area contributed by atoms with Gasteiger partial charge < -0.3 is 0 Å². The average Bonchev–Trinajstić information content (AvgIpc) is 3.04. The van der Waals surface area contributed by atoms with E-state index < -0.39 is 0 Å². The molecule has 5 aromatic rings. The van der Waals surface area contributed by atoms with E-state index >= 15 is 0 Å². The van der Waals surface area contributed by atoms with Gasteiger partial charge in [-0.2, -0.15) is 0 Å². The molecule has 0 aromatic heterocycles. The molecule has 2 aliphatic rings. The summed E-state index contributed by atoms with van der Waals surface area (Å²) in [4.78, 5) is 5.66. The van der Waals surface area contributed by atoms with Crippen molar-refractivity contribution in [3.8, 4) is 0 Å². The molecular formula is C44H48B2S2. The molecule has 0 nitrogen and oxygen atoms in total. The van der Waals surface area contributed by atoms with Crippen LogP contribution in [0.1, 0.15) is 84.0 Å². The first kappa shape index (κ1) is 33.4. The highest BCUT2D eigenvalue weighted by molar-refractivity contribution is 8.01. The second-order valence-electron chi connectivity index (χ2n) is 14.6. The molecule has 0 N–H and O–H groups in total.